The number of ether oxygens (including phenoxy) is 1. The van der Waals surface area contributed by atoms with Crippen LogP contribution < -0.4 is 21.3 Å². The van der Waals surface area contributed by atoms with E-state index in [9.17, 15) is 0 Å². The Labute approximate surface area is 131 Å². The normalized spacial score (nSPS) is 10.6. The number of nitrogens with zero attached hydrogens (tertiary/aromatic N) is 3. The van der Waals surface area contributed by atoms with E-state index < -0.39 is 0 Å². The van der Waals surface area contributed by atoms with Gasteiger partial charge in [-0.1, -0.05) is 29.3 Å². The Kier molecular flexibility index (Phi) is 5.00. The van der Waals surface area contributed by atoms with Gasteiger partial charge in [-0.2, -0.15) is 15.0 Å². The molecule has 1 heterocycles. The van der Waals surface area contributed by atoms with Crippen molar-refractivity contribution in [3.8, 4) is 6.01 Å². The monoisotopic (exact) mass is 328 g/mol. The predicted molar refractivity (Wildman–Crippen MR) is 83.1 cm³/mol. The van der Waals surface area contributed by atoms with Gasteiger partial charge in [0, 0.05) is 0 Å². The first-order valence-corrected chi connectivity index (χ1v) is 6.85. The van der Waals surface area contributed by atoms with Crippen LogP contribution in [0.3, 0.4) is 0 Å². The molecule has 9 heteroatoms. The van der Waals surface area contributed by atoms with Crippen molar-refractivity contribution in [2.24, 2.45) is 5.84 Å². The van der Waals surface area contributed by atoms with Crippen LogP contribution >= 0.6 is 23.2 Å². The van der Waals surface area contributed by atoms with Gasteiger partial charge >= 0.3 is 6.01 Å². The Morgan fingerprint density at radius 3 is 2.52 bits per heavy atom. The van der Waals surface area contributed by atoms with Crippen LogP contribution in [0.2, 0.25) is 10.0 Å². The molecule has 0 fully saturated rings. The summed E-state index contributed by atoms with van der Waals surface area (Å²) in [6, 6.07) is 5.33. The maximum Gasteiger partial charge on any atom is 0.323 e. The number of nitrogen functional groups attached to an aromatic ring is 1. The summed E-state index contributed by atoms with van der Waals surface area (Å²) in [5.41, 5.74) is 2.92. The second-order valence-corrected chi connectivity index (χ2v) is 5.09. The molecule has 21 heavy (non-hydrogen) atoms. The Balaban J connectivity index is 2.32. The highest BCUT2D eigenvalue weighted by Gasteiger charge is 2.11. The maximum absolute atomic E-state index is 6.10. The Morgan fingerprint density at radius 1 is 1.14 bits per heavy atom. The van der Waals surface area contributed by atoms with Crippen molar-refractivity contribution in [2.75, 3.05) is 10.7 Å². The van der Waals surface area contributed by atoms with E-state index in [1.54, 1.807) is 18.2 Å². The smallest absolute Gasteiger partial charge is 0.323 e. The zero-order chi connectivity index (χ0) is 15.4. The van der Waals surface area contributed by atoms with Gasteiger partial charge in [-0.25, -0.2) is 5.84 Å². The summed E-state index contributed by atoms with van der Waals surface area (Å²) in [4.78, 5) is 12.2. The lowest BCUT2D eigenvalue weighted by molar-refractivity contribution is 0.222. The molecule has 2 rings (SSSR count). The second-order valence-electron chi connectivity index (χ2n) is 4.30. The van der Waals surface area contributed by atoms with Crippen LogP contribution in [0.4, 0.5) is 17.6 Å². The summed E-state index contributed by atoms with van der Waals surface area (Å²) in [6.45, 7) is 3.72. The molecule has 0 atom stereocenters. The minimum absolute atomic E-state index is 0.0827. The Hall–Kier alpha value is -1.83. The van der Waals surface area contributed by atoms with Crippen LogP contribution in [-0.4, -0.2) is 21.1 Å². The quantitative estimate of drug-likeness (QED) is 0.573. The summed E-state index contributed by atoms with van der Waals surface area (Å²) in [6.07, 6.45) is -0.0827. The number of hydrazine groups is 1. The molecule has 0 aliphatic rings. The zero-order valence-corrected chi connectivity index (χ0v) is 12.9. The van der Waals surface area contributed by atoms with Crippen LogP contribution in [0.25, 0.3) is 0 Å². The molecule has 0 saturated carbocycles. The van der Waals surface area contributed by atoms with E-state index in [-0.39, 0.29) is 24.0 Å². The molecule has 0 unspecified atom stereocenters. The Bertz CT molecular complexity index is 637. The molecular weight excluding hydrogens is 315 g/mol. The topological polar surface area (TPSA) is 98.0 Å². The lowest BCUT2D eigenvalue weighted by atomic mass is 10.3. The number of benzene rings is 1. The zero-order valence-electron chi connectivity index (χ0n) is 11.4. The number of halogens is 2. The van der Waals surface area contributed by atoms with E-state index in [4.69, 9.17) is 33.8 Å². The van der Waals surface area contributed by atoms with E-state index in [1.165, 1.54) is 0 Å². The molecule has 0 spiro atoms. The highest BCUT2D eigenvalue weighted by Crippen LogP contribution is 2.31. The lowest BCUT2D eigenvalue weighted by Crippen LogP contribution is -2.15. The molecule has 7 nitrogen and oxygen atoms in total. The average Bonchev–Trinajstić information content (AvgIpc) is 2.43. The fraction of sp³-hybridized carbons (Fsp3) is 0.250. The molecular formula is C12H14Cl2N6O. The first-order chi connectivity index (χ1) is 9.99. The van der Waals surface area contributed by atoms with Crippen molar-refractivity contribution in [3.63, 3.8) is 0 Å². The lowest BCUT2D eigenvalue weighted by Gasteiger charge is -2.12. The number of rotatable bonds is 5. The first-order valence-electron chi connectivity index (χ1n) is 6.10. The molecule has 0 aliphatic carbocycles. The highest BCUT2D eigenvalue weighted by molar-refractivity contribution is 6.43. The van der Waals surface area contributed by atoms with Gasteiger partial charge in [-0.3, -0.25) is 5.43 Å². The van der Waals surface area contributed by atoms with Crippen molar-refractivity contribution >= 4 is 40.8 Å². The first kappa shape index (κ1) is 15.6. The third kappa shape index (κ3) is 4.07. The van der Waals surface area contributed by atoms with Crippen molar-refractivity contribution < 1.29 is 4.74 Å². The number of hydrogen-bond acceptors (Lipinski definition) is 7. The third-order valence-corrected chi connectivity index (χ3v) is 3.10. The van der Waals surface area contributed by atoms with E-state index >= 15 is 0 Å². The molecule has 4 N–H and O–H groups in total. The van der Waals surface area contributed by atoms with Gasteiger partial charge in [0.2, 0.25) is 11.9 Å². The summed E-state index contributed by atoms with van der Waals surface area (Å²) < 4.78 is 5.43. The van der Waals surface area contributed by atoms with Gasteiger partial charge in [-0.05, 0) is 26.0 Å². The molecule has 2 aromatic rings. The van der Waals surface area contributed by atoms with Gasteiger partial charge in [0.1, 0.15) is 0 Å². The fourth-order valence-corrected chi connectivity index (χ4v) is 1.81. The minimum Gasteiger partial charge on any atom is -0.461 e. The van der Waals surface area contributed by atoms with E-state index in [2.05, 4.69) is 25.7 Å². The largest absolute Gasteiger partial charge is 0.461 e. The Morgan fingerprint density at radius 2 is 1.86 bits per heavy atom. The average molecular weight is 329 g/mol. The number of anilines is 3. The number of aromatic nitrogens is 3. The van der Waals surface area contributed by atoms with Crippen molar-refractivity contribution in [3.05, 3.63) is 28.2 Å². The van der Waals surface area contributed by atoms with E-state index in [0.29, 0.717) is 15.7 Å². The molecule has 0 saturated heterocycles. The number of nitrogens with two attached hydrogens (primary N) is 1. The summed E-state index contributed by atoms with van der Waals surface area (Å²) in [5.74, 6) is 5.73. The van der Waals surface area contributed by atoms with Gasteiger partial charge in [0.25, 0.3) is 0 Å². The molecule has 0 bridgehead atoms. The number of nitrogens with one attached hydrogen (secondary N) is 2. The molecule has 112 valence electrons. The van der Waals surface area contributed by atoms with Crippen LogP contribution in [0.5, 0.6) is 6.01 Å². The van der Waals surface area contributed by atoms with Gasteiger partial charge in [0.15, 0.2) is 0 Å². The van der Waals surface area contributed by atoms with Crippen molar-refractivity contribution in [1.82, 2.24) is 15.0 Å². The van der Waals surface area contributed by atoms with Crippen molar-refractivity contribution in [1.29, 1.82) is 0 Å². The highest BCUT2D eigenvalue weighted by atomic mass is 35.5. The minimum atomic E-state index is -0.0827. The molecule has 1 aromatic carbocycles. The predicted octanol–water partition coefficient (Wildman–Crippen LogP) is 2.99. The van der Waals surface area contributed by atoms with Gasteiger partial charge < -0.3 is 10.1 Å². The van der Waals surface area contributed by atoms with Crippen LogP contribution in [0.15, 0.2) is 18.2 Å². The van der Waals surface area contributed by atoms with E-state index in [0.717, 1.165) is 0 Å². The maximum atomic E-state index is 6.10. The third-order valence-electron chi connectivity index (χ3n) is 2.28. The molecule has 0 aliphatic heterocycles. The summed E-state index contributed by atoms with van der Waals surface area (Å²) in [5, 5.41) is 3.74. The fourth-order valence-electron chi connectivity index (χ4n) is 1.46. The van der Waals surface area contributed by atoms with Crippen molar-refractivity contribution in [2.45, 2.75) is 20.0 Å². The van der Waals surface area contributed by atoms with Crippen LogP contribution in [-0.2, 0) is 0 Å². The molecule has 0 radical (unpaired) electrons. The van der Waals surface area contributed by atoms with Crippen LogP contribution in [0, 0.1) is 0 Å². The van der Waals surface area contributed by atoms with Crippen LogP contribution in [0.1, 0.15) is 13.8 Å². The molecule has 0 amide bonds. The van der Waals surface area contributed by atoms with E-state index in [1.807, 2.05) is 13.8 Å². The summed E-state index contributed by atoms with van der Waals surface area (Å²) in [7, 11) is 0. The standard InChI is InChI=1S/C12H14Cl2N6O/c1-6(2)21-12-18-10(17-11(19-12)20-15)16-8-5-3-4-7(13)9(8)14/h3-6H,15H2,1-2H3,(H2,16,17,18,19,20). The second kappa shape index (κ2) is 6.75. The number of hydrogen-bond donors (Lipinski definition) is 3. The van der Waals surface area contributed by atoms with Gasteiger partial charge in [-0.15, -0.1) is 0 Å². The van der Waals surface area contributed by atoms with Gasteiger partial charge in [0.05, 0.1) is 21.8 Å². The SMILES string of the molecule is CC(C)Oc1nc(NN)nc(Nc2cccc(Cl)c2Cl)n1. The summed E-state index contributed by atoms with van der Waals surface area (Å²) >= 11 is 12.1. The molecule has 1 aromatic heterocycles.